The predicted molar refractivity (Wildman–Crippen MR) is 117 cm³/mol. The van der Waals surface area contributed by atoms with Crippen LogP contribution in [0.15, 0.2) is 0 Å². The average molecular weight is 573 g/mol. The molecule has 0 radical (unpaired) electrons. The molecule has 0 saturated carbocycles. The zero-order chi connectivity index (χ0) is 27.7. The van der Waals surface area contributed by atoms with Crippen LogP contribution >= 0.6 is 24.7 Å². The predicted octanol–water partition coefficient (Wildman–Crippen LogP) is -0.532. The Morgan fingerprint density at radius 1 is 1.00 bits per heavy atom. The lowest BCUT2D eigenvalue weighted by Gasteiger charge is -2.13. The summed E-state index contributed by atoms with van der Waals surface area (Å²) in [6, 6.07) is 0. The Morgan fingerprint density at radius 3 is 1.35 bits per heavy atom. The fraction of sp³-hybridized carbons (Fsp3) is 1.00. The van der Waals surface area contributed by atoms with E-state index < -0.39 is 43.0 Å². The van der Waals surface area contributed by atoms with Gasteiger partial charge in [-0.2, -0.15) is 18.8 Å². The average Bonchev–Trinajstić information content (AvgIpc) is 3.59. The molecule has 1 aliphatic heterocycles. The van der Waals surface area contributed by atoms with Crippen molar-refractivity contribution in [3.8, 4) is 0 Å². The van der Waals surface area contributed by atoms with Crippen molar-refractivity contribution in [2.45, 2.75) is 65.0 Å². The van der Waals surface area contributed by atoms with Crippen molar-refractivity contribution in [3.05, 3.63) is 0 Å². The molecule has 17 nitrogen and oxygen atoms in total. The first kappa shape index (κ1) is 41.2. The molecule has 0 aliphatic carbocycles. The molecule has 34 heavy (non-hydrogen) atoms. The summed E-state index contributed by atoms with van der Waals surface area (Å²) in [6.07, 6.45) is -0.559. The minimum absolute atomic E-state index is 0. The maximum absolute atomic E-state index is 9.20. The number of hydrogen-bond donors (Lipinski definition) is 8. The van der Waals surface area contributed by atoms with Crippen molar-refractivity contribution in [1.29, 1.82) is 0 Å². The third-order valence-electron chi connectivity index (χ3n) is 2.71. The Morgan fingerprint density at radius 2 is 1.24 bits per heavy atom. The van der Waals surface area contributed by atoms with Crippen LogP contribution in [0, 0.1) is 0 Å². The molecule has 20 heteroatoms. The highest BCUT2D eigenvalue weighted by molar-refractivity contribution is 7.54. The van der Waals surface area contributed by atoms with Crippen LogP contribution in [0.1, 0.15) is 43.4 Å². The molecule has 6 unspecified atom stereocenters. The second-order valence-corrected chi connectivity index (χ2v) is 8.71. The molecule has 212 valence electrons. The summed E-state index contributed by atoms with van der Waals surface area (Å²) in [4.78, 5) is 36.3. The molecule has 1 aliphatic rings. The van der Waals surface area contributed by atoms with Crippen molar-refractivity contribution < 1.29 is 85.6 Å². The summed E-state index contributed by atoms with van der Waals surface area (Å²) in [6.45, 7) is 7.52. The number of ether oxygens (including phenoxy) is 1. The van der Waals surface area contributed by atoms with Crippen molar-refractivity contribution in [1.82, 2.24) is 0 Å². The zero-order valence-electron chi connectivity index (χ0n) is 19.1. The SMILES string of the molecule is CC(O)CO.CC1CO1.CCC(O)CO[P+](O)(O)OCC(O)CC.O=[P+]([O-])OO.O=[P+]([O-])OO.[HH].[HH]. The quantitative estimate of drug-likeness (QED) is 0.0666. The number of hydrogen-bond acceptors (Lipinski definition) is 17. The number of aliphatic hydroxyl groups is 4. The lowest BCUT2D eigenvalue weighted by molar-refractivity contribution is -0.245. The summed E-state index contributed by atoms with van der Waals surface area (Å²) < 4.78 is 37.2. The van der Waals surface area contributed by atoms with Crippen LogP contribution in [-0.2, 0) is 32.3 Å². The first-order valence-corrected chi connectivity index (χ1v) is 13.2. The molecule has 0 aromatic heterocycles. The van der Waals surface area contributed by atoms with Gasteiger partial charge in [0.1, 0.15) is 13.2 Å². The number of epoxide rings is 1. The van der Waals surface area contributed by atoms with Crippen molar-refractivity contribution in [2.24, 2.45) is 0 Å². The maximum Gasteiger partial charge on any atom is 0.570 e. The third kappa shape index (κ3) is 49.2. The van der Waals surface area contributed by atoms with E-state index in [4.69, 9.17) is 54.6 Å². The van der Waals surface area contributed by atoms with Gasteiger partial charge in [-0.25, -0.2) is 10.5 Å². The number of rotatable bonds is 11. The second-order valence-electron chi connectivity index (χ2n) is 5.99. The molecule has 6 atom stereocenters. The molecular weight excluding hydrogens is 533 g/mol. The summed E-state index contributed by atoms with van der Waals surface area (Å²) in [7, 11) is -9.98. The zero-order valence-corrected chi connectivity index (χ0v) is 21.8. The van der Waals surface area contributed by atoms with Crippen LogP contribution in [0.5, 0.6) is 0 Å². The van der Waals surface area contributed by atoms with E-state index in [0.717, 1.165) is 6.61 Å². The van der Waals surface area contributed by atoms with Gasteiger partial charge in [0.2, 0.25) is 0 Å². The monoisotopic (exact) mass is 573 g/mol. The fourth-order valence-electron chi connectivity index (χ4n) is 0.735. The molecule has 0 aromatic carbocycles. The van der Waals surface area contributed by atoms with Crippen molar-refractivity contribution in [2.75, 3.05) is 26.4 Å². The molecule has 0 aromatic rings. The van der Waals surface area contributed by atoms with E-state index in [0.29, 0.717) is 18.9 Å². The molecule has 1 heterocycles. The van der Waals surface area contributed by atoms with E-state index in [9.17, 15) is 9.79 Å². The summed E-state index contributed by atoms with van der Waals surface area (Å²) in [5, 5.41) is 48.3. The Balaban J connectivity index is -0.0000000884. The maximum atomic E-state index is 9.20. The Labute approximate surface area is 202 Å². The highest BCUT2D eigenvalue weighted by Gasteiger charge is 2.40. The Hall–Kier alpha value is 0.0300. The van der Waals surface area contributed by atoms with E-state index in [2.05, 4.69) is 25.3 Å². The van der Waals surface area contributed by atoms with E-state index in [-0.39, 0.29) is 22.7 Å². The standard InChI is InChI=1S/C8H20O6P.C3H8O2.C3H6O.2HO4P.2H2/c1-3-7(9)5-13-15(11,12)14-6-8(10)4-2;1-3(5)2-4;1-3-2-4-3;2*1-4-5(2)3;;/h7-12H,3-6H2,1-2H3;3-5H,2H2,1H3;3H,2H2,1H3;2*1H;2*1H/q+1;;;;;;. The summed E-state index contributed by atoms with van der Waals surface area (Å²) in [5.74, 6) is 0. The molecule has 1 fully saturated rings. The molecule has 0 spiro atoms. The normalized spacial score (nSPS) is 17.4. The lowest BCUT2D eigenvalue weighted by atomic mass is 10.3. The van der Waals surface area contributed by atoms with Gasteiger partial charge in [0.15, 0.2) is 0 Å². The topological polar surface area (TPSA) is 292 Å². The van der Waals surface area contributed by atoms with Crippen LogP contribution in [0.25, 0.3) is 0 Å². The minimum atomic E-state index is -3.90. The van der Waals surface area contributed by atoms with Gasteiger partial charge in [-0.3, -0.25) is 0 Å². The van der Waals surface area contributed by atoms with Gasteiger partial charge in [0, 0.05) is 12.2 Å². The Bertz CT molecular complexity index is 448. The Kier molecular flexibility index (Phi) is 33.4. The smallest absolute Gasteiger partial charge is 0.565 e. The van der Waals surface area contributed by atoms with Crippen molar-refractivity contribution in [3.63, 3.8) is 0 Å². The van der Waals surface area contributed by atoms with Crippen LogP contribution in [0.2, 0.25) is 0 Å². The van der Waals surface area contributed by atoms with Gasteiger partial charge in [0.25, 0.3) is 0 Å². The molecule has 1 saturated heterocycles. The van der Waals surface area contributed by atoms with E-state index >= 15 is 0 Å². The molecule has 0 amide bonds. The highest BCUT2D eigenvalue weighted by atomic mass is 31.2. The van der Waals surface area contributed by atoms with Crippen molar-refractivity contribution >= 4 is 24.7 Å². The van der Waals surface area contributed by atoms with Crippen LogP contribution in [0.3, 0.4) is 0 Å². The van der Waals surface area contributed by atoms with E-state index in [1.165, 1.54) is 6.92 Å². The van der Waals surface area contributed by atoms with E-state index in [1.54, 1.807) is 13.8 Å². The summed E-state index contributed by atoms with van der Waals surface area (Å²) in [5.41, 5.74) is 0. The second kappa shape index (κ2) is 27.6. The van der Waals surface area contributed by atoms with Crippen LogP contribution < -0.4 is 9.79 Å². The number of aliphatic hydroxyl groups excluding tert-OH is 4. The minimum Gasteiger partial charge on any atom is -0.565 e. The van der Waals surface area contributed by atoms with Gasteiger partial charge < -0.3 is 34.9 Å². The first-order chi connectivity index (χ1) is 15.6. The molecule has 0 bridgehead atoms. The lowest BCUT2D eigenvalue weighted by Crippen LogP contribution is -2.18. The third-order valence-corrected chi connectivity index (χ3v) is 3.95. The highest BCUT2D eigenvalue weighted by Crippen LogP contribution is 2.52. The van der Waals surface area contributed by atoms with Gasteiger partial charge in [-0.15, -0.1) is 0 Å². The van der Waals surface area contributed by atoms with Gasteiger partial charge in [-0.05, 0) is 35.8 Å². The van der Waals surface area contributed by atoms with Gasteiger partial charge in [-0.1, -0.05) is 13.8 Å². The molecule has 8 N–H and O–H groups in total. The summed E-state index contributed by atoms with van der Waals surface area (Å²) >= 11 is 0. The largest absolute Gasteiger partial charge is 0.570 e. The van der Waals surface area contributed by atoms with Crippen LogP contribution in [0.4, 0.5) is 0 Å². The fourth-order valence-corrected chi connectivity index (χ4v) is 1.54. The first-order valence-electron chi connectivity index (χ1n) is 9.44. The van der Waals surface area contributed by atoms with Crippen LogP contribution in [-0.4, -0.2) is 91.6 Å². The van der Waals surface area contributed by atoms with Gasteiger partial charge >= 0.3 is 24.7 Å². The van der Waals surface area contributed by atoms with E-state index in [1.807, 2.05) is 0 Å². The molecular formula is C14H40O17P3+. The molecule has 1 rings (SSSR count). The van der Waals surface area contributed by atoms with Gasteiger partial charge in [0.05, 0.1) is 37.6 Å².